The molecule has 0 saturated carbocycles. The molecule has 1 saturated heterocycles. The van der Waals surface area contributed by atoms with Gasteiger partial charge in [-0.3, -0.25) is 23.7 Å². The Hall–Kier alpha value is -2.54. The van der Waals surface area contributed by atoms with Gasteiger partial charge in [-0.2, -0.15) is 5.09 Å². The van der Waals surface area contributed by atoms with Crippen molar-refractivity contribution < 1.29 is 37.4 Å². The minimum atomic E-state index is -4.33. The van der Waals surface area contributed by atoms with Crippen LogP contribution in [0.25, 0.3) is 0 Å². The predicted octanol–water partition coefficient (Wildman–Crippen LogP) is 1.44. The Morgan fingerprint density at radius 1 is 1.37 bits per heavy atom. The van der Waals surface area contributed by atoms with Crippen LogP contribution in [0.3, 0.4) is 0 Å². The van der Waals surface area contributed by atoms with Crippen molar-refractivity contribution in [2.45, 2.75) is 43.5 Å². The van der Waals surface area contributed by atoms with Crippen molar-refractivity contribution in [1.29, 1.82) is 0 Å². The summed E-state index contributed by atoms with van der Waals surface area (Å²) in [5, 5.41) is 9.81. The lowest BCUT2D eigenvalue weighted by atomic mass is 10.1. The highest BCUT2D eigenvalue weighted by Crippen LogP contribution is 2.48. The average Bonchev–Trinajstić information content (AvgIpc) is 3.02. The molecule has 0 radical (unpaired) electrons. The molecule has 1 fully saturated rings. The van der Waals surface area contributed by atoms with Crippen LogP contribution in [0.15, 0.2) is 52.2 Å². The molecule has 3 N–H and O–H groups in total. The van der Waals surface area contributed by atoms with Crippen molar-refractivity contribution in [3.8, 4) is 5.75 Å². The highest BCUT2D eigenvalue weighted by molar-refractivity contribution is 7.52. The first-order valence-electron chi connectivity index (χ1n) is 10.4. The average molecular weight is 536 g/mol. The summed E-state index contributed by atoms with van der Waals surface area (Å²) >= 11 is 5.84. The maximum Gasteiger partial charge on any atom is 0.459 e. The first-order chi connectivity index (χ1) is 16.5. The number of esters is 1. The zero-order valence-corrected chi connectivity index (χ0v) is 20.3. The highest BCUT2D eigenvalue weighted by Gasteiger charge is 2.58. The summed E-state index contributed by atoms with van der Waals surface area (Å²) < 4.78 is 50.4. The number of aliphatic hydroxyl groups excluding tert-OH is 1. The zero-order chi connectivity index (χ0) is 25.8. The maximum absolute atomic E-state index is 15.2. The van der Waals surface area contributed by atoms with Gasteiger partial charge in [-0.1, -0.05) is 29.8 Å². The Morgan fingerprint density at radius 3 is 2.69 bits per heavy atom. The van der Waals surface area contributed by atoms with Crippen molar-refractivity contribution in [3.05, 3.63) is 63.4 Å². The first-order valence-corrected chi connectivity index (χ1v) is 12.4. The van der Waals surface area contributed by atoms with E-state index in [1.165, 1.54) is 19.1 Å². The standard InChI is InChI=1S/C20H24ClFN3O9P/c1-3-31-17(28)12(2)24-35(30,34-13-7-5-4-6-8-13)32-11-14-16(27)20(21,22)18(33-14)25-10-9-15(26)23-19(25)29/h4-10,12,14,16,18,27H,3,11H2,1-2H3,(H,24,30)(H,23,26,29)/t12-,14+,16+,18+,20+,35?/m0/s1. The predicted molar refractivity (Wildman–Crippen MR) is 121 cm³/mol. The number of H-pyrrole nitrogens is 1. The van der Waals surface area contributed by atoms with Gasteiger partial charge in [-0.25, -0.2) is 13.8 Å². The number of halogens is 2. The third kappa shape index (κ3) is 6.37. The summed E-state index contributed by atoms with van der Waals surface area (Å²) in [6.07, 6.45) is -4.46. The Labute approximate surface area is 203 Å². The van der Waals surface area contributed by atoms with Crippen LogP contribution in [0.2, 0.25) is 0 Å². The second-order valence-corrected chi connectivity index (χ2v) is 9.74. The highest BCUT2D eigenvalue weighted by atomic mass is 35.5. The molecule has 35 heavy (non-hydrogen) atoms. The minimum absolute atomic E-state index is 0.0808. The molecule has 1 unspecified atom stereocenters. The molecular formula is C20H24ClFN3O9P. The van der Waals surface area contributed by atoms with E-state index in [0.29, 0.717) is 4.57 Å². The van der Waals surface area contributed by atoms with Crippen molar-refractivity contribution in [1.82, 2.24) is 14.6 Å². The van der Waals surface area contributed by atoms with Crippen LogP contribution in [0, 0.1) is 0 Å². The third-order valence-electron chi connectivity index (χ3n) is 4.85. The van der Waals surface area contributed by atoms with Crippen LogP contribution in [-0.2, 0) is 23.4 Å². The Kier molecular flexibility index (Phi) is 8.52. The molecule has 1 aromatic carbocycles. The summed E-state index contributed by atoms with van der Waals surface area (Å²) in [5.74, 6) is -0.603. The van der Waals surface area contributed by atoms with E-state index < -0.39 is 61.2 Å². The van der Waals surface area contributed by atoms with Crippen LogP contribution < -0.4 is 20.9 Å². The molecule has 0 aliphatic carbocycles. The number of alkyl halides is 2. The number of carbonyl (C=O) groups excluding carboxylic acids is 1. The number of aliphatic hydroxyl groups is 1. The van der Waals surface area contributed by atoms with Crippen LogP contribution in [0.1, 0.15) is 20.1 Å². The summed E-state index contributed by atoms with van der Waals surface area (Å²) in [5.41, 5.74) is -1.76. The van der Waals surface area contributed by atoms with E-state index in [1.54, 1.807) is 25.1 Å². The van der Waals surface area contributed by atoms with E-state index in [9.17, 15) is 24.1 Å². The van der Waals surface area contributed by atoms with Crippen LogP contribution in [-0.4, -0.2) is 57.2 Å². The number of nitrogens with one attached hydrogen (secondary N) is 2. The molecule has 6 atom stereocenters. The van der Waals surface area contributed by atoms with Gasteiger partial charge in [0.2, 0.25) is 0 Å². The number of ether oxygens (including phenoxy) is 2. The number of rotatable bonds is 10. The second kappa shape index (κ2) is 11.0. The number of aromatic nitrogens is 2. The van der Waals surface area contributed by atoms with Gasteiger partial charge in [0, 0.05) is 12.3 Å². The fraction of sp³-hybridized carbons (Fsp3) is 0.450. The van der Waals surface area contributed by atoms with Crippen molar-refractivity contribution in [2.75, 3.05) is 13.2 Å². The number of benzene rings is 1. The van der Waals surface area contributed by atoms with Gasteiger partial charge >= 0.3 is 19.4 Å². The van der Waals surface area contributed by atoms with E-state index in [4.69, 9.17) is 30.1 Å². The molecule has 1 aliphatic rings. The number of nitrogens with zero attached hydrogens (tertiary/aromatic N) is 1. The lowest BCUT2D eigenvalue weighted by molar-refractivity contribution is -0.144. The van der Waals surface area contributed by atoms with Gasteiger partial charge in [0.1, 0.15) is 24.0 Å². The smallest absolute Gasteiger partial charge is 0.459 e. The van der Waals surface area contributed by atoms with E-state index in [1.807, 2.05) is 4.98 Å². The zero-order valence-electron chi connectivity index (χ0n) is 18.6. The van der Waals surface area contributed by atoms with Crippen molar-refractivity contribution in [2.24, 2.45) is 0 Å². The number of aromatic amines is 1. The molecule has 0 amide bonds. The number of para-hydroxylation sites is 1. The second-order valence-electron chi connectivity index (χ2n) is 7.46. The van der Waals surface area contributed by atoms with E-state index in [0.717, 1.165) is 12.3 Å². The lowest BCUT2D eigenvalue weighted by Crippen LogP contribution is -2.42. The normalized spacial score (nSPS) is 26.6. The Bertz CT molecular complexity index is 1190. The molecule has 0 spiro atoms. The van der Waals surface area contributed by atoms with Crippen LogP contribution >= 0.6 is 19.3 Å². The molecular weight excluding hydrogens is 512 g/mol. The lowest BCUT2D eigenvalue weighted by Gasteiger charge is -2.24. The number of carbonyl (C=O) groups is 1. The molecule has 3 rings (SSSR count). The fourth-order valence-corrected chi connectivity index (χ4v) is 4.96. The van der Waals surface area contributed by atoms with Gasteiger partial charge in [-0.05, 0) is 26.0 Å². The van der Waals surface area contributed by atoms with E-state index >= 15 is 4.39 Å². The van der Waals surface area contributed by atoms with Gasteiger partial charge in [-0.15, -0.1) is 0 Å². The molecule has 1 aliphatic heterocycles. The van der Waals surface area contributed by atoms with Crippen LogP contribution in [0.4, 0.5) is 4.39 Å². The number of hydrogen-bond acceptors (Lipinski definition) is 9. The summed E-state index contributed by atoms with van der Waals surface area (Å²) in [7, 11) is -4.33. The summed E-state index contributed by atoms with van der Waals surface area (Å²) in [6.45, 7) is 2.32. The summed E-state index contributed by atoms with van der Waals surface area (Å²) in [6, 6.07) is 7.69. The third-order valence-corrected chi connectivity index (χ3v) is 6.91. The number of hydrogen-bond donors (Lipinski definition) is 3. The van der Waals surface area contributed by atoms with Crippen molar-refractivity contribution in [3.63, 3.8) is 0 Å². The first kappa shape index (κ1) is 27.1. The SMILES string of the molecule is CCOC(=O)[C@H](C)NP(=O)(OC[C@H]1O[C@@H](n2ccc(=O)[nH]c2=O)[C@@](F)(Cl)[C@@H]1O)Oc1ccccc1. The minimum Gasteiger partial charge on any atom is -0.465 e. The summed E-state index contributed by atoms with van der Waals surface area (Å²) in [4.78, 5) is 37.3. The fourth-order valence-electron chi connectivity index (χ4n) is 3.16. The van der Waals surface area contributed by atoms with Gasteiger partial charge < -0.3 is 19.1 Å². The molecule has 0 bridgehead atoms. The topological polar surface area (TPSA) is 158 Å². The van der Waals surface area contributed by atoms with Gasteiger partial charge in [0.25, 0.3) is 10.7 Å². The quantitative estimate of drug-likeness (QED) is 0.231. The molecule has 15 heteroatoms. The molecule has 192 valence electrons. The largest absolute Gasteiger partial charge is 0.465 e. The molecule has 2 heterocycles. The maximum atomic E-state index is 15.2. The molecule has 12 nitrogen and oxygen atoms in total. The molecule has 1 aromatic heterocycles. The van der Waals surface area contributed by atoms with Gasteiger partial charge in [0.15, 0.2) is 6.23 Å². The van der Waals surface area contributed by atoms with Crippen LogP contribution in [0.5, 0.6) is 5.75 Å². The van der Waals surface area contributed by atoms with E-state index in [2.05, 4.69) is 5.09 Å². The monoisotopic (exact) mass is 535 g/mol. The molecule has 2 aromatic rings. The van der Waals surface area contributed by atoms with Gasteiger partial charge in [0.05, 0.1) is 13.2 Å². The Morgan fingerprint density at radius 2 is 2.06 bits per heavy atom. The van der Waals surface area contributed by atoms with Crippen molar-refractivity contribution >= 4 is 25.3 Å². The Balaban J connectivity index is 1.80. The van der Waals surface area contributed by atoms with E-state index in [-0.39, 0.29) is 12.4 Å².